The van der Waals surface area contributed by atoms with Crippen molar-refractivity contribution in [2.45, 2.75) is 13.5 Å². The number of rotatable bonds is 7. The third-order valence-corrected chi connectivity index (χ3v) is 4.40. The minimum absolute atomic E-state index is 0.0407. The van der Waals surface area contributed by atoms with Gasteiger partial charge in [-0.3, -0.25) is 9.59 Å². The Morgan fingerprint density at radius 2 is 1.87 bits per heavy atom. The number of carbonyl (C=O) groups excluding carboxylic acids is 2. The molecule has 0 aliphatic carbocycles. The number of para-hydroxylation sites is 1. The summed E-state index contributed by atoms with van der Waals surface area (Å²) >= 11 is 0. The highest BCUT2D eigenvalue weighted by molar-refractivity contribution is 6.17. The molecule has 1 aromatic heterocycles. The fourth-order valence-corrected chi connectivity index (χ4v) is 3.16. The second kappa shape index (κ2) is 9.19. The Kier molecular flexibility index (Phi) is 6.44. The van der Waals surface area contributed by atoms with Gasteiger partial charge < -0.3 is 18.6 Å². The number of allylic oxidation sites excluding steroid dienone is 1. The van der Waals surface area contributed by atoms with Crippen LogP contribution in [0.1, 0.15) is 23.6 Å². The van der Waals surface area contributed by atoms with E-state index < -0.39 is 11.6 Å². The molecule has 0 bridgehead atoms. The van der Waals surface area contributed by atoms with E-state index in [1.54, 1.807) is 30.3 Å². The summed E-state index contributed by atoms with van der Waals surface area (Å²) in [5, 5.41) is 0.505. The van der Waals surface area contributed by atoms with Crippen LogP contribution in [0.3, 0.4) is 0 Å². The molecule has 0 fully saturated rings. The van der Waals surface area contributed by atoms with Gasteiger partial charge in [-0.2, -0.15) is 0 Å². The lowest BCUT2D eigenvalue weighted by Gasteiger charge is -2.13. The van der Waals surface area contributed by atoms with Crippen LogP contribution in [0.5, 0.6) is 11.5 Å². The molecule has 0 saturated heterocycles. The maximum Gasteiger partial charge on any atom is 0.336 e. The van der Waals surface area contributed by atoms with Crippen LogP contribution >= 0.6 is 0 Å². The number of fused-ring (bicyclic) bond motifs is 1. The minimum Gasteiger partial charge on any atom is -0.496 e. The lowest BCUT2D eigenvalue weighted by Crippen LogP contribution is -2.07. The molecule has 7 heteroatoms. The van der Waals surface area contributed by atoms with Crippen molar-refractivity contribution in [1.29, 1.82) is 0 Å². The van der Waals surface area contributed by atoms with Crippen molar-refractivity contribution in [3.63, 3.8) is 0 Å². The average molecular weight is 408 g/mol. The van der Waals surface area contributed by atoms with Crippen LogP contribution in [0.15, 0.2) is 51.7 Å². The van der Waals surface area contributed by atoms with Gasteiger partial charge in [0.2, 0.25) is 0 Å². The zero-order valence-electron chi connectivity index (χ0n) is 16.8. The second-order valence-corrected chi connectivity index (χ2v) is 6.38. The first-order valence-electron chi connectivity index (χ1n) is 9.05. The third kappa shape index (κ3) is 4.31. The number of carbonyl (C=O) groups is 2. The Morgan fingerprint density at radius 1 is 1.10 bits per heavy atom. The highest BCUT2D eigenvalue weighted by Gasteiger charge is 2.18. The molecule has 0 radical (unpaired) electrons. The molecule has 30 heavy (non-hydrogen) atoms. The zero-order chi connectivity index (χ0) is 21.7. The second-order valence-electron chi connectivity index (χ2n) is 6.38. The molecule has 3 rings (SSSR count). The van der Waals surface area contributed by atoms with Crippen LogP contribution in [0.2, 0.25) is 0 Å². The summed E-state index contributed by atoms with van der Waals surface area (Å²) in [6.45, 7) is 1.31. The number of benzene rings is 2. The third-order valence-electron chi connectivity index (χ3n) is 4.40. The Balaban J connectivity index is 2.28. The topological polar surface area (TPSA) is 92.0 Å². The molecule has 0 aliphatic heterocycles. The van der Waals surface area contributed by atoms with E-state index in [4.69, 9.17) is 18.6 Å². The van der Waals surface area contributed by atoms with E-state index in [1.807, 2.05) is 12.1 Å². The van der Waals surface area contributed by atoms with Gasteiger partial charge >= 0.3 is 11.6 Å². The first-order valence-corrected chi connectivity index (χ1v) is 9.05. The molecular formula is C23H20O7. The van der Waals surface area contributed by atoms with E-state index >= 15 is 0 Å². The van der Waals surface area contributed by atoms with Gasteiger partial charge in [-0.25, -0.2) is 4.79 Å². The highest BCUT2D eigenvalue weighted by atomic mass is 16.5. The Bertz CT molecular complexity index is 1190. The van der Waals surface area contributed by atoms with Crippen LogP contribution in [0.4, 0.5) is 0 Å². The monoisotopic (exact) mass is 408 g/mol. The number of ether oxygens (including phenoxy) is 3. The summed E-state index contributed by atoms with van der Waals surface area (Å²) in [7, 11) is 3.00. The summed E-state index contributed by atoms with van der Waals surface area (Å²) in [5.74, 6) is 0.287. The molecular weight excluding hydrogens is 388 g/mol. The zero-order valence-corrected chi connectivity index (χ0v) is 16.8. The average Bonchev–Trinajstić information content (AvgIpc) is 2.73. The number of aldehydes is 1. The molecule has 0 saturated carbocycles. The summed E-state index contributed by atoms with van der Waals surface area (Å²) in [6, 6.07) is 11.7. The molecule has 0 atom stereocenters. The van der Waals surface area contributed by atoms with Crippen molar-refractivity contribution in [2.75, 3.05) is 14.2 Å². The maximum absolute atomic E-state index is 12.3. The van der Waals surface area contributed by atoms with Crippen molar-refractivity contribution in [3.05, 3.63) is 69.6 Å². The van der Waals surface area contributed by atoms with Crippen LogP contribution in [0.25, 0.3) is 22.6 Å². The SMILES string of the molecule is COCc1c(OC(C)=O)ccc2c(/C(C=O)=C/c3ccccc3OC)cc(=O)oc12. The minimum atomic E-state index is -0.650. The van der Waals surface area contributed by atoms with Crippen LogP contribution in [-0.2, 0) is 20.9 Å². The molecule has 0 amide bonds. The molecule has 3 aromatic rings. The predicted molar refractivity (Wildman–Crippen MR) is 111 cm³/mol. The van der Waals surface area contributed by atoms with Crippen molar-refractivity contribution in [1.82, 2.24) is 0 Å². The summed E-state index contributed by atoms with van der Waals surface area (Å²) in [5.41, 5.74) is 1.26. The van der Waals surface area contributed by atoms with Crippen molar-refractivity contribution in [3.8, 4) is 11.5 Å². The van der Waals surface area contributed by atoms with Crippen molar-refractivity contribution >= 4 is 34.9 Å². The molecule has 2 aromatic carbocycles. The molecule has 7 nitrogen and oxygen atoms in total. The van der Waals surface area contributed by atoms with Gasteiger partial charge in [-0.1, -0.05) is 18.2 Å². The normalized spacial score (nSPS) is 11.4. The molecule has 154 valence electrons. The van der Waals surface area contributed by atoms with Crippen molar-refractivity contribution in [2.24, 2.45) is 0 Å². The molecule has 0 unspecified atom stereocenters. The van der Waals surface area contributed by atoms with Gasteiger partial charge in [-0.15, -0.1) is 0 Å². The fraction of sp³-hybridized carbons (Fsp3) is 0.174. The quantitative estimate of drug-likeness (QED) is 0.194. The molecule has 0 spiro atoms. The number of methoxy groups -OCH3 is 2. The van der Waals surface area contributed by atoms with Gasteiger partial charge in [0.05, 0.1) is 19.3 Å². The van der Waals surface area contributed by atoms with Gasteiger partial charge in [0.15, 0.2) is 6.29 Å². The number of hydrogen-bond acceptors (Lipinski definition) is 7. The Morgan fingerprint density at radius 3 is 2.53 bits per heavy atom. The summed E-state index contributed by atoms with van der Waals surface area (Å²) < 4.78 is 21.2. The van der Waals surface area contributed by atoms with E-state index in [-0.39, 0.29) is 23.5 Å². The van der Waals surface area contributed by atoms with Crippen molar-refractivity contribution < 1.29 is 28.2 Å². The lowest BCUT2D eigenvalue weighted by molar-refractivity contribution is -0.132. The molecule has 0 aliphatic rings. The first-order chi connectivity index (χ1) is 14.5. The smallest absolute Gasteiger partial charge is 0.336 e. The van der Waals surface area contributed by atoms with Crippen LogP contribution in [0, 0.1) is 0 Å². The number of esters is 1. The van der Waals surface area contributed by atoms with Crippen LogP contribution < -0.4 is 15.1 Å². The van der Waals surface area contributed by atoms with Gasteiger partial charge in [0, 0.05) is 42.2 Å². The van der Waals surface area contributed by atoms with Gasteiger partial charge in [-0.05, 0) is 24.3 Å². The lowest BCUT2D eigenvalue weighted by atomic mass is 9.98. The highest BCUT2D eigenvalue weighted by Crippen LogP contribution is 2.33. The molecule has 0 N–H and O–H groups in total. The standard InChI is InChI=1S/C23H20O7/c1-14(25)29-21-9-8-17-18(11-22(26)30-23(17)19(21)13-27-2)16(12-24)10-15-6-4-5-7-20(15)28-3/h4-12H,13H2,1-3H3/b16-10+. The Hall–Kier alpha value is -3.71. The van der Waals surface area contributed by atoms with Crippen LogP contribution in [-0.4, -0.2) is 26.5 Å². The fourth-order valence-electron chi connectivity index (χ4n) is 3.16. The first kappa shape index (κ1) is 21.0. The predicted octanol–water partition coefficient (Wildman–Crippen LogP) is 3.61. The molecule has 1 heterocycles. The Labute approximate surface area is 172 Å². The maximum atomic E-state index is 12.3. The number of hydrogen-bond donors (Lipinski definition) is 0. The van der Waals surface area contributed by atoms with E-state index in [2.05, 4.69) is 0 Å². The largest absolute Gasteiger partial charge is 0.496 e. The van der Waals surface area contributed by atoms with E-state index in [1.165, 1.54) is 27.2 Å². The van der Waals surface area contributed by atoms with E-state index in [9.17, 15) is 14.4 Å². The van der Waals surface area contributed by atoms with Gasteiger partial charge in [0.1, 0.15) is 17.1 Å². The van der Waals surface area contributed by atoms with Gasteiger partial charge in [0.25, 0.3) is 0 Å². The van der Waals surface area contributed by atoms with E-state index in [0.717, 1.165) is 0 Å². The van der Waals surface area contributed by atoms with E-state index in [0.29, 0.717) is 34.1 Å². The summed E-state index contributed by atoms with van der Waals surface area (Å²) in [4.78, 5) is 35.7. The summed E-state index contributed by atoms with van der Waals surface area (Å²) in [6.07, 6.45) is 2.30.